The second kappa shape index (κ2) is 4.99. The van der Waals surface area contributed by atoms with Gasteiger partial charge in [0.1, 0.15) is 5.78 Å². The quantitative estimate of drug-likeness (QED) is 0.471. The van der Waals surface area contributed by atoms with Crippen molar-refractivity contribution >= 4 is 17.7 Å². The molecule has 0 radical (unpaired) electrons. The number of allylic oxidation sites excluding steroid dienone is 2. The van der Waals surface area contributed by atoms with Crippen molar-refractivity contribution in [3.8, 4) is 0 Å². The summed E-state index contributed by atoms with van der Waals surface area (Å²) in [7, 11) is 0. The number of rotatable bonds is 3. The monoisotopic (exact) mass is 263 g/mol. The van der Waals surface area contributed by atoms with Crippen LogP contribution in [0.1, 0.15) is 20.3 Å². The van der Waals surface area contributed by atoms with Crippen LogP contribution in [0.3, 0.4) is 0 Å². The number of ketones is 1. The molecule has 1 N–H and O–H groups in total. The van der Waals surface area contributed by atoms with Gasteiger partial charge in [0, 0.05) is 11.5 Å². The number of carbonyl (C=O) groups is 3. The summed E-state index contributed by atoms with van der Waals surface area (Å²) in [5.74, 6) is -1.64. The first kappa shape index (κ1) is 13.5. The number of nitrogens with one attached hydrogen (secondary N) is 1. The SMILES string of the molecule is C=C(C)C(=O)ONC(=O)C1C2C=CC(C2)C1C(C)=O. The Kier molecular flexibility index (Phi) is 3.55. The molecule has 0 aliphatic heterocycles. The van der Waals surface area contributed by atoms with Crippen LogP contribution in [0.2, 0.25) is 0 Å². The Morgan fingerprint density at radius 2 is 1.74 bits per heavy atom. The van der Waals surface area contributed by atoms with Gasteiger partial charge in [0.2, 0.25) is 0 Å². The van der Waals surface area contributed by atoms with Gasteiger partial charge < -0.3 is 4.84 Å². The molecule has 2 aliphatic rings. The highest BCUT2D eigenvalue weighted by Crippen LogP contribution is 2.48. The van der Waals surface area contributed by atoms with Gasteiger partial charge in [-0.3, -0.25) is 9.59 Å². The summed E-state index contributed by atoms with van der Waals surface area (Å²) >= 11 is 0. The summed E-state index contributed by atoms with van der Waals surface area (Å²) in [6, 6.07) is 0. The summed E-state index contributed by atoms with van der Waals surface area (Å²) in [5, 5.41) is 0. The van der Waals surface area contributed by atoms with Crippen LogP contribution in [-0.4, -0.2) is 17.7 Å². The van der Waals surface area contributed by atoms with Gasteiger partial charge in [-0.05, 0) is 32.1 Å². The lowest BCUT2D eigenvalue weighted by Gasteiger charge is -2.24. The van der Waals surface area contributed by atoms with Gasteiger partial charge in [-0.2, -0.15) is 5.48 Å². The molecule has 0 aromatic carbocycles. The van der Waals surface area contributed by atoms with Crippen molar-refractivity contribution in [2.75, 3.05) is 0 Å². The van der Waals surface area contributed by atoms with E-state index in [1.807, 2.05) is 12.2 Å². The molecule has 2 rings (SSSR count). The molecular formula is C14H17NO4. The van der Waals surface area contributed by atoms with Crippen molar-refractivity contribution in [2.45, 2.75) is 20.3 Å². The molecule has 1 saturated carbocycles. The molecule has 0 aromatic heterocycles. The highest BCUT2D eigenvalue weighted by Gasteiger charge is 2.50. The molecule has 0 saturated heterocycles. The van der Waals surface area contributed by atoms with Crippen molar-refractivity contribution in [3.63, 3.8) is 0 Å². The first-order valence-corrected chi connectivity index (χ1v) is 6.27. The molecule has 5 nitrogen and oxygen atoms in total. The van der Waals surface area contributed by atoms with Crippen molar-refractivity contribution in [1.82, 2.24) is 5.48 Å². The summed E-state index contributed by atoms with van der Waals surface area (Å²) in [5.41, 5.74) is 2.34. The minimum atomic E-state index is -0.675. The van der Waals surface area contributed by atoms with Gasteiger partial charge in [0.15, 0.2) is 0 Å². The van der Waals surface area contributed by atoms with E-state index >= 15 is 0 Å². The zero-order valence-electron chi connectivity index (χ0n) is 11.0. The molecule has 19 heavy (non-hydrogen) atoms. The Morgan fingerprint density at radius 3 is 2.26 bits per heavy atom. The molecule has 2 aliphatic carbocycles. The molecule has 4 unspecified atom stereocenters. The molecule has 5 heteroatoms. The molecule has 1 fully saturated rings. The van der Waals surface area contributed by atoms with Gasteiger partial charge in [-0.25, -0.2) is 4.79 Å². The minimum Gasteiger partial charge on any atom is -0.336 e. The van der Waals surface area contributed by atoms with Crippen LogP contribution in [0.5, 0.6) is 0 Å². The smallest absolute Gasteiger partial charge is 0.336 e. The van der Waals surface area contributed by atoms with Crippen LogP contribution in [0, 0.1) is 23.7 Å². The van der Waals surface area contributed by atoms with Crippen molar-refractivity contribution in [3.05, 3.63) is 24.3 Å². The minimum absolute atomic E-state index is 0.00299. The lowest BCUT2D eigenvalue weighted by atomic mass is 9.80. The zero-order valence-corrected chi connectivity index (χ0v) is 11.0. The van der Waals surface area contributed by atoms with Gasteiger partial charge in [0.05, 0.1) is 5.92 Å². The summed E-state index contributed by atoms with van der Waals surface area (Å²) in [6.45, 7) is 6.41. The third kappa shape index (κ3) is 2.45. The molecule has 2 bridgehead atoms. The first-order chi connectivity index (χ1) is 8.91. The fraction of sp³-hybridized carbons (Fsp3) is 0.500. The van der Waals surface area contributed by atoms with E-state index in [1.165, 1.54) is 13.8 Å². The third-order valence-electron chi connectivity index (χ3n) is 3.82. The van der Waals surface area contributed by atoms with Crippen molar-refractivity contribution in [2.24, 2.45) is 23.7 Å². The van der Waals surface area contributed by atoms with Crippen LogP contribution >= 0.6 is 0 Å². The van der Waals surface area contributed by atoms with Gasteiger partial charge >= 0.3 is 5.97 Å². The topological polar surface area (TPSA) is 72.5 Å². The predicted molar refractivity (Wildman–Crippen MR) is 67.4 cm³/mol. The molecule has 0 heterocycles. The Bertz CT molecular complexity index is 480. The third-order valence-corrected chi connectivity index (χ3v) is 3.82. The number of Topliss-reactive ketones (excluding diaryl/α,β-unsaturated/α-hetero) is 1. The number of carbonyl (C=O) groups excluding carboxylic acids is 3. The van der Waals surface area contributed by atoms with Crippen LogP contribution in [0.25, 0.3) is 0 Å². The number of hydrogen-bond acceptors (Lipinski definition) is 4. The molecular weight excluding hydrogens is 246 g/mol. The van der Waals surface area contributed by atoms with Gasteiger partial charge in [-0.15, -0.1) is 0 Å². The molecule has 0 spiro atoms. The molecule has 1 amide bonds. The average molecular weight is 263 g/mol. The van der Waals surface area contributed by atoms with E-state index in [0.717, 1.165) is 6.42 Å². The van der Waals surface area contributed by atoms with Crippen LogP contribution in [0.4, 0.5) is 0 Å². The van der Waals surface area contributed by atoms with Gasteiger partial charge in [-0.1, -0.05) is 18.7 Å². The maximum atomic E-state index is 12.1. The Labute approximate surface area is 111 Å². The second-order valence-electron chi connectivity index (χ2n) is 5.25. The number of hydroxylamine groups is 1. The zero-order chi connectivity index (χ0) is 14.2. The normalized spacial score (nSPS) is 31.1. The fourth-order valence-corrected chi connectivity index (χ4v) is 2.99. The fourth-order valence-electron chi connectivity index (χ4n) is 2.99. The maximum absolute atomic E-state index is 12.1. The lowest BCUT2D eigenvalue weighted by Crippen LogP contribution is -2.40. The van der Waals surface area contributed by atoms with Crippen LogP contribution in [-0.2, 0) is 19.2 Å². The Balaban J connectivity index is 2.02. The van der Waals surface area contributed by atoms with E-state index in [4.69, 9.17) is 0 Å². The summed E-state index contributed by atoms with van der Waals surface area (Å²) in [6.07, 6.45) is 4.78. The van der Waals surface area contributed by atoms with Crippen molar-refractivity contribution in [1.29, 1.82) is 0 Å². The highest BCUT2D eigenvalue weighted by molar-refractivity contribution is 5.91. The van der Waals surface area contributed by atoms with E-state index in [-0.39, 0.29) is 29.1 Å². The van der Waals surface area contributed by atoms with Crippen LogP contribution in [0.15, 0.2) is 24.3 Å². The largest absolute Gasteiger partial charge is 0.358 e. The highest BCUT2D eigenvalue weighted by atomic mass is 16.7. The van der Waals surface area contributed by atoms with E-state index in [1.54, 1.807) is 0 Å². The predicted octanol–water partition coefficient (Wildman–Crippen LogP) is 1.16. The standard InChI is InChI=1S/C14H17NO4/c1-7(2)14(18)19-15-13(17)12-10-5-4-9(6-10)11(12)8(3)16/h4-5,9-12H,1,6H2,2-3H3,(H,15,17). The van der Waals surface area contributed by atoms with E-state index in [9.17, 15) is 14.4 Å². The Hall–Kier alpha value is -1.91. The van der Waals surface area contributed by atoms with E-state index in [2.05, 4.69) is 16.9 Å². The number of amides is 1. The summed E-state index contributed by atoms with van der Waals surface area (Å²) < 4.78 is 0. The van der Waals surface area contributed by atoms with E-state index in [0.29, 0.717) is 0 Å². The maximum Gasteiger partial charge on any atom is 0.358 e. The molecule has 102 valence electrons. The molecule has 4 atom stereocenters. The number of fused-ring (bicyclic) bond motifs is 2. The Morgan fingerprint density at radius 1 is 1.16 bits per heavy atom. The average Bonchev–Trinajstić information content (AvgIpc) is 2.94. The molecule has 0 aromatic rings. The summed E-state index contributed by atoms with van der Waals surface area (Å²) in [4.78, 5) is 39.6. The van der Waals surface area contributed by atoms with Crippen LogP contribution < -0.4 is 5.48 Å². The second-order valence-corrected chi connectivity index (χ2v) is 5.25. The van der Waals surface area contributed by atoms with Gasteiger partial charge in [0.25, 0.3) is 5.91 Å². The lowest BCUT2D eigenvalue weighted by molar-refractivity contribution is -0.157. The first-order valence-electron chi connectivity index (χ1n) is 6.27. The number of hydrogen-bond donors (Lipinski definition) is 1. The van der Waals surface area contributed by atoms with E-state index < -0.39 is 17.8 Å². The van der Waals surface area contributed by atoms with Crippen molar-refractivity contribution < 1.29 is 19.2 Å².